The van der Waals surface area contributed by atoms with Crippen LogP contribution in [0.25, 0.3) is 0 Å². The predicted molar refractivity (Wildman–Crippen MR) is 61.0 cm³/mol. The third kappa shape index (κ3) is 3.20. The zero-order valence-electron chi connectivity index (χ0n) is 8.39. The van der Waals surface area contributed by atoms with Crippen molar-refractivity contribution in [1.82, 2.24) is 0 Å². The number of aryl methyl sites for hydroxylation is 1. The Labute approximate surface area is 89.9 Å². The van der Waals surface area contributed by atoms with Crippen LogP contribution in [-0.2, 0) is 6.42 Å². The van der Waals surface area contributed by atoms with Gasteiger partial charge in [0.25, 0.3) is 0 Å². The van der Waals surface area contributed by atoms with E-state index in [0.29, 0.717) is 0 Å². The Morgan fingerprint density at radius 1 is 1.43 bits per heavy atom. The van der Waals surface area contributed by atoms with Crippen LogP contribution in [0.3, 0.4) is 0 Å². The van der Waals surface area contributed by atoms with Gasteiger partial charge in [-0.15, -0.1) is 0 Å². The lowest BCUT2D eigenvalue weighted by Crippen LogP contribution is -2.01. The lowest BCUT2D eigenvalue weighted by molar-refractivity contribution is 0.288. The summed E-state index contributed by atoms with van der Waals surface area (Å²) in [5, 5.41) is 12.8. The summed E-state index contributed by atoms with van der Waals surface area (Å²) < 4.78 is 0. The minimum absolute atomic E-state index is 0.230. The Bertz CT molecular complexity index is 289. The molecule has 0 aliphatic rings. The number of benzene rings is 1. The van der Waals surface area contributed by atoms with Gasteiger partial charge in [-0.1, -0.05) is 17.7 Å². The lowest BCUT2D eigenvalue weighted by atomic mass is 10.1. The molecule has 0 spiro atoms. The van der Waals surface area contributed by atoms with Crippen LogP contribution in [0.4, 0.5) is 5.69 Å². The summed E-state index contributed by atoms with van der Waals surface area (Å²) in [6.07, 6.45) is 1.68. The van der Waals surface area contributed by atoms with Gasteiger partial charge in [0, 0.05) is 23.9 Å². The average Bonchev–Trinajstić information content (AvgIpc) is 2.17. The van der Waals surface area contributed by atoms with Crippen LogP contribution in [0.5, 0.6) is 0 Å². The van der Waals surface area contributed by atoms with Gasteiger partial charge in [-0.05, 0) is 37.5 Å². The van der Waals surface area contributed by atoms with Crippen molar-refractivity contribution < 1.29 is 5.11 Å². The third-order valence-electron chi connectivity index (χ3n) is 2.04. The molecule has 1 aromatic carbocycles. The van der Waals surface area contributed by atoms with Crippen LogP contribution in [-0.4, -0.2) is 18.3 Å². The Hall–Kier alpha value is -0.730. The molecule has 2 nitrogen and oxygen atoms in total. The van der Waals surface area contributed by atoms with Crippen LogP contribution in [0, 0.1) is 0 Å². The van der Waals surface area contributed by atoms with Gasteiger partial charge >= 0.3 is 0 Å². The van der Waals surface area contributed by atoms with E-state index in [1.54, 1.807) is 0 Å². The number of nitrogens with one attached hydrogen (secondary N) is 1. The molecular weight excluding hydrogens is 198 g/mol. The van der Waals surface area contributed by atoms with Crippen LogP contribution in [0.1, 0.15) is 18.9 Å². The fraction of sp³-hybridized carbons (Fsp3) is 0.455. The Balaban J connectivity index is 2.78. The summed E-state index contributed by atoms with van der Waals surface area (Å²) in [4.78, 5) is 0. The van der Waals surface area contributed by atoms with Crippen molar-refractivity contribution in [1.29, 1.82) is 0 Å². The van der Waals surface area contributed by atoms with E-state index in [1.807, 2.05) is 18.2 Å². The van der Waals surface area contributed by atoms with Crippen molar-refractivity contribution in [2.24, 2.45) is 0 Å². The molecule has 3 heteroatoms. The molecule has 0 saturated carbocycles. The molecule has 2 N–H and O–H groups in total. The molecule has 0 amide bonds. The summed E-state index contributed by atoms with van der Waals surface area (Å²) in [5.74, 6) is 0. The smallest absolute Gasteiger partial charge is 0.0434 e. The van der Waals surface area contributed by atoms with E-state index in [2.05, 4.69) is 12.2 Å². The van der Waals surface area contributed by atoms with Gasteiger partial charge in [0.1, 0.15) is 0 Å². The minimum atomic E-state index is 0.230. The van der Waals surface area contributed by atoms with Crippen molar-refractivity contribution in [2.45, 2.75) is 19.8 Å². The number of anilines is 1. The van der Waals surface area contributed by atoms with Crippen LogP contribution in [0.2, 0.25) is 5.02 Å². The number of hydrogen-bond acceptors (Lipinski definition) is 2. The number of halogens is 1. The van der Waals surface area contributed by atoms with E-state index >= 15 is 0 Å². The van der Waals surface area contributed by atoms with Gasteiger partial charge < -0.3 is 10.4 Å². The highest BCUT2D eigenvalue weighted by Crippen LogP contribution is 2.22. The normalized spacial score (nSPS) is 10.2. The van der Waals surface area contributed by atoms with E-state index in [9.17, 15) is 0 Å². The minimum Gasteiger partial charge on any atom is -0.396 e. The molecule has 14 heavy (non-hydrogen) atoms. The molecule has 0 atom stereocenters. The highest BCUT2D eigenvalue weighted by molar-refractivity contribution is 6.30. The van der Waals surface area contributed by atoms with Crippen molar-refractivity contribution >= 4 is 17.3 Å². The van der Waals surface area contributed by atoms with Crippen LogP contribution < -0.4 is 5.32 Å². The topological polar surface area (TPSA) is 32.3 Å². The monoisotopic (exact) mass is 213 g/mol. The molecule has 0 aromatic heterocycles. The van der Waals surface area contributed by atoms with E-state index in [1.165, 1.54) is 5.56 Å². The van der Waals surface area contributed by atoms with Crippen molar-refractivity contribution in [2.75, 3.05) is 18.5 Å². The lowest BCUT2D eigenvalue weighted by Gasteiger charge is -2.10. The van der Waals surface area contributed by atoms with E-state index in [0.717, 1.165) is 30.1 Å². The molecule has 0 aliphatic carbocycles. The maximum Gasteiger partial charge on any atom is 0.0434 e. The first-order chi connectivity index (χ1) is 6.77. The maximum absolute atomic E-state index is 8.76. The Morgan fingerprint density at radius 2 is 2.21 bits per heavy atom. The molecule has 0 unspecified atom stereocenters. The highest BCUT2D eigenvalue weighted by Gasteiger charge is 2.01. The Kier molecular flexibility index (Phi) is 4.77. The zero-order valence-corrected chi connectivity index (χ0v) is 9.14. The maximum atomic E-state index is 8.76. The molecule has 1 aromatic rings. The molecule has 0 heterocycles. The summed E-state index contributed by atoms with van der Waals surface area (Å²) in [6, 6.07) is 5.82. The van der Waals surface area contributed by atoms with Gasteiger partial charge in [-0.2, -0.15) is 0 Å². The summed E-state index contributed by atoms with van der Waals surface area (Å²) in [6.45, 7) is 3.16. The van der Waals surface area contributed by atoms with Gasteiger partial charge in [-0.3, -0.25) is 0 Å². The van der Waals surface area contributed by atoms with Gasteiger partial charge in [-0.25, -0.2) is 0 Å². The first-order valence-corrected chi connectivity index (χ1v) is 5.29. The average molecular weight is 214 g/mol. The highest BCUT2D eigenvalue weighted by atomic mass is 35.5. The first-order valence-electron chi connectivity index (χ1n) is 4.91. The van der Waals surface area contributed by atoms with Crippen molar-refractivity contribution in [3.63, 3.8) is 0 Å². The molecule has 1 rings (SSSR count). The number of rotatable bonds is 5. The second-order valence-corrected chi connectivity index (χ2v) is 3.60. The van der Waals surface area contributed by atoms with E-state index in [-0.39, 0.29) is 6.61 Å². The van der Waals surface area contributed by atoms with E-state index in [4.69, 9.17) is 16.7 Å². The largest absolute Gasteiger partial charge is 0.396 e. The fourth-order valence-electron chi connectivity index (χ4n) is 1.39. The van der Waals surface area contributed by atoms with Crippen molar-refractivity contribution in [3.8, 4) is 0 Å². The molecule has 0 fully saturated rings. The fourth-order valence-corrected chi connectivity index (χ4v) is 1.56. The summed E-state index contributed by atoms with van der Waals surface area (Å²) in [7, 11) is 0. The van der Waals surface area contributed by atoms with Crippen molar-refractivity contribution in [3.05, 3.63) is 28.8 Å². The van der Waals surface area contributed by atoms with Gasteiger partial charge in [0.15, 0.2) is 0 Å². The summed E-state index contributed by atoms with van der Waals surface area (Å²) in [5.41, 5.74) is 2.29. The molecule has 0 saturated heterocycles. The van der Waals surface area contributed by atoms with E-state index < -0.39 is 0 Å². The molecule has 78 valence electrons. The second kappa shape index (κ2) is 5.89. The second-order valence-electron chi connectivity index (χ2n) is 3.16. The van der Waals surface area contributed by atoms with Crippen LogP contribution in [0.15, 0.2) is 18.2 Å². The number of aliphatic hydroxyl groups is 1. The molecule has 0 aliphatic heterocycles. The molecular formula is C11H16ClNO. The third-order valence-corrected chi connectivity index (χ3v) is 2.28. The zero-order chi connectivity index (χ0) is 10.4. The first kappa shape index (κ1) is 11.3. The standard InChI is InChI=1S/C11H16ClNO/c1-2-13-11-8-10(12)6-5-9(11)4-3-7-14/h5-6,8,13-14H,2-4,7H2,1H3. The molecule has 0 bridgehead atoms. The Morgan fingerprint density at radius 3 is 2.86 bits per heavy atom. The van der Waals surface area contributed by atoms with Gasteiger partial charge in [0.2, 0.25) is 0 Å². The van der Waals surface area contributed by atoms with Gasteiger partial charge in [0.05, 0.1) is 0 Å². The SMILES string of the molecule is CCNc1cc(Cl)ccc1CCCO. The van der Waals surface area contributed by atoms with Crippen LogP contribution >= 0.6 is 11.6 Å². The quantitative estimate of drug-likeness (QED) is 0.789. The number of hydrogen-bond donors (Lipinski definition) is 2. The predicted octanol–water partition coefficient (Wildman–Crippen LogP) is 2.70. The number of aliphatic hydroxyl groups excluding tert-OH is 1. The summed E-state index contributed by atoms with van der Waals surface area (Å²) >= 11 is 5.90. The molecule has 0 radical (unpaired) electrons.